The third kappa shape index (κ3) is 3.48. The molecule has 5 nitrogen and oxygen atoms in total. The molecule has 1 amide bonds. The predicted molar refractivity (Wildman–Crippen MR) is 92.7 cm³/mol. The predicted octanol–water partition coefficient (Wildman–Crippen LogP) is 2.46. The van der Waals surface area contributed by atoms with E-state index in [0.29, 0.717) is 6.54 Å². The number of nitrogens with zero attached hydrogens (tertiary/aromatic N) is 4. The molecule has 25 heavy (non-hydrogen) atoms. The molecule has 1 aliphatic heterocycles. The molecule has 0 bridgehead atoms. The molecule has 2 aromatic rings. The molecule has 6 heteroatoms. The third-order valence-corrected chi connectivity index (χ3v) is 5.07. The first kappa shape index (κ1) is 16.0. The molecule has 1 aromatic carbocycles. The second-order valence-corrected chi connectivity index (χ2v) is 6.75. The maximum atomic E-state index is 13.4. The normalized spacial score (nSPS) is 23.2. The van der Waals surface area contributed by atoms with E-state index in [1.54, 1.807) is 18.3 Å². The van der Waals surface area contributed by atoms with Gasteiger partial charge in [-0.15, -0.1) is 5.10 Å². The van der Waals surface area contributed by atoms with Crippen LogP contribution in [0.15, 0.2) is 42.6 Å². The first-order valence-electron chi connectivity index (χ1n) is 8.79. The van der Waals surface area contributed by atoms with Crippen LogP contribution in [-0.4, -0.2) is 47.2 Å². The molecule has 4 rings (SSSR count). The highest BCUT2D eigenvalue weighted by molar-refractivity contribution is 5.83. The van der Waals surface area contributed by atoms with Gasteiger partial charge in [0, 0.05) is 38.3 Å². The average molecular weight is 340 g/mol. The zero-order chi connectivity index (χ0) is 17.2. The van der Waals surface area contributed by atoms with Crippen molar-refractivity contribution in [2.45, 2.75) is 18.8 Å². The van der Waals surface area contributed by atoms with Gasteiger partial charge in [0.2, 0.25) is 5.91 Å². The molecule has 2 heterocycles. The van der Waals surface area contributed by atoms with Crippen molar-refractivity contribution in [1.29, 1.82) is 0 Å². The number of carbonyl (C=O) groups excluding carboxylic acids is 1. The summed E-state index contributed by atoms with van der Waals surface area (Å²) in [7, 11) is 0. The van der Waals surface area contributed by atoms with Crippen LogP contribution in [0.25, 0.3) is 0 Å². The van der Waals surface area contributed by atoms with E-state index >= 15 is 0 Å². The van der Waals surface area contributed by atoms with E-state index in [2.05, 4.69) is 15.1 Å². The minimum absolute atomic E-state index is 0.00451. The highest BCUT2D eigenvalue weighted by atomic mass is 19.1. The van der Waals surface area contributed by atoms with E-state index in [9.17, 15) is 9.18 Å². The maximum absolute atomic E-state index is 13.4. The molecule has 0 spiro atoms. The Labute approximate surface area is 146 Å². The van der Waals surface area contributed by atoms with E-state index in [1.807, 2.05) is 23.1 Å². The summed E-state index contributed by atoms with van der Waals surface area (Å²) in [5.74, 6) is 1.01. The molecular weight excluding hydrogens is 319 g/mol. The van der Waals surface area contributed by atoms with Gasteiger partial charge in [0.25, 0.3) is 0 Å². The van der Waals surface area contributed by atoms with Gasteiger partial charge in [-0.2, -0.15) is 5.10 Å². The fraction of sp³-hybridized carbons (Fsp3) is 0.421. The van der Waals surface area contributed by atoms with Gasteiger partial charge < -0.3 is 9.80 Å². The second-order valence-electron chi connectivity index (χ2n) is 6.75. The molecule has 1 saturated carbocycles. The van der Waals surface area contributed by atoms with Crippen molar-refractivity contribution in [1.82, 2.24) is 15.1 Å². The van der Waals surface area contributed by atoms with Crippen LogP contribution >= 0.6 is 0 Å². The van der Waals surface area contributed by atoms with Crippen LogP contribution in [0, 0.1) is 11.7 Å². The summed E-state index contributed by atoms with van der Waals surface area (Å²) < 4.78 is 13.4. The zero-order valence-corrected chi connectivity index (χ0v) is 14.0. The SMILES string of the molecule is O=C([C@H]1C[C@@H]1c1cccc(F)c1)N1CCCN(c2cccnn2)CC1. The van der Waals surface area contributed by atoms with Gasteiger partial charge >= 0.3 is 0 Å². The van der Waals surface area contributed by atoms with Crippen molar-refractivity contribution < 1.29 is 9.18 Å². The standard InChI is InChI=1S/C19H21FN4O/c20-15-5-1-4-14(12-15)16-13-17(16)19(25)24-9-3-8-23(10-11-24)18-6-2-7-21-22-18/h1-2,4-7,12,16-17H,3,8-11,13H2/t16-,17+/m1/s1. The quantitative estimate of drug-likeness (QED) is 0.861. The largest absolute Gasteiger partial charge is 0.353 e. The lowest BCUT2D eigenvalue weighted by Gasteiger charge is -2.22. The summed E-state index contributed by atoms with van der Waals surface area (Å²) in [5, 5.41) is 8.09. The van der Waals surface area contributed by atoms with Crippen molar-refractivity contribution in [2.75, 3.05) is 31.1 Å². The Balaban J connectivity index is 1.37. The maximum Gasteiger partial charge on any atom is 0.226 e. The minimum Gasteiger partial charge on any atom is -0.353 e. The van der Waals surface area contributed by atoms with E-state index in [-0.39, 0.29) is 23.6 Å². The smallest absolute Gasteiger partial charge is 0.226 e. The Hall–Kier alpha value is -2.50. The number of anilines is 1. The van der Waals surface area contributed by atoms with Crippen LogP contribution in [0.3, 0.4) is 0 Å². The summed E-state index contributed by atoms with van der Waals surface area (Å²) in [6.45, 7) is 3.10. The lowest BCUT2D eigenvalue weighted by atomic mass is 10.1. The van der Waals surface area contributed by atoms with Crippen LogP contribution in [0.1, 0.15) is 24.3 Å². The number of rotatable bonds is 3. The number of amides is 1. The number of halogens is 1. The number of benzene rings is 1. The Morgan fingerprint density at radius 1 is 1.12 bits per heavy atom. The topological polar surface area (TPSA) is 49.3 Å². The summed E-state index contributed by atoms with van der Waals surface area (Å²) in [6, 6.07) is 10.5. The monoisotopic (exact) mass is 340 g/mol. The van der Waals surface area contributed by atoms with Gasteiger partial charge in [-0.1, -0.05) is 12.1 Å². The fourth-order valence-electron chi connectivity index (χ4n) is 3.64. The molecule has 2 fully saturated rings. The van der Waals surface area contributed by atoms with Crippen LogP contribution in [0.5, 0.6) is 0 Å². The summed E-state index contributed by atoms with van der Waals surface area (Å²) in [4.78, 5) is 16.9. The molecule has 0 N–H and O–H groups in total. The zero-order valence-electron chi connectivity index (χ0n) is 14.0. The fourth-order valence-corrected chi connectivity index (χ4v) is 3.64. The third-order valence-electron chi connectivity index (χ3n) is 5.07. The molecule has 130 valence electrons. The number of aromatic nitrogens is 2. The Morgan fingerprint density at radius 2 is 2.04 bits per heavy atom. The van der Waals surface area contributed by atoms with Crippen LogP contribution in [0.4, 0.5) is 10.2 Å². The van der Waals surface area contributed by atoms with Crippen molar-refractivity contribution in [3.63, 3.8) is 0 Å². The average Bonchev–Trinajstić information content (AvgIpc) is 3.45. The van der Waals surface area contributed by atoms with Gasteiger partial charge in [0.1, 0.15) is 5.82 Å². The molecule has 2 aliphatic rings. The van der Waals surface area contributed by atoms with E-state index in [4.69, 9.17) is 0 Å². The first-order chi connectivity index (χ1) is 12.2. The highest BCUT2D eigenvalue weighted by Gasteiger charge is 2.45. The summed E-state index contributed by atoms with van der Waals surface area (Å²) in [5.41, 5.74) is 0.939. The van der Waals surface area contributed by atoms with Gasteiger partial charge in [-0.3, -0.25) is 4.79 Å². The molecule has 0 radical (unpaired) electrons. The van der Waals surface area contributed by atoms with Crippen molar-refractivity contribution >= 4 is 11.7 Å². The van der Waals surface area contributed by atoms with Crippen LogP contribution < -0.4 is 4.90 Å². The molecular formula is C19H21FN4O. The highest BCUT2D eigenvalue weighted by Crippen LogP contribution is 2.48. The molecule has 1 saturated heterocycles. The summed E-state index contributed by atoms with van der Waals surface area (Å²) in [6.07, 6.45) is 3.41. The second kappa shape index (κ2) is 6.78. The number of carbonyl (C=O) groups is 1. The van der Waals surface area contributed by atoms with Gasteiger partial charge in [0.15, 0.2) is 5.82 Å². The molecule has 1 aromatic heterocycles. The number of hydrogen-bond donors (Lipinski definition) is 0. The lowest BCUT2D eigenvalue weighted by Crippen LogP contribution is -2.36. The van der Waals surface area contributed by atoms with E-state index in [1.165, 1.54) is 6.07 Å². The minimum atomic E-state index is -0.231. The summed E-state index contributed by atoms with van der Waals surface area (Å²) >= 11 is 0. The van der Waals surface area contributed by atoms with Crippen LogP contribution in [0.2, 0.25) is 0 Å². The van der Waals surface area contributed by atoms with Crippen LogP contribution in [-0.2, 0) is 4.79 Å². The molecule has 1 aliphatic carbocycles. The van der Waals surface area contributed by atoms with Crippen molar-refractivity contribution in [3.05, 3.63) is 54.0 Å². The molecule has 2 atom stereocenters. The van der Waals surface area contributed by atoms with E-state index < -0.39 is 0 Å². The van der Waals surface area contributed by atoms with Crippen molar-refractivity contribution in [2.24, 2.45) is 5.92 Å². The van der Waals surface area contributed by atoms with Gasteiger partial charge in [-0.05, 0) is 48.6 Å². The first-order valence-corrected chi connectivity index (χ1v) is 8.79. The van der Waals surface area contributed by atoms with Gasteiger partial charge in [0.05, 0.1) is 0 Å². The Bertz CT molecular complexity index is 754. The lowest BCUT2D eigenvalue weighted by molar-refractivity contribution is -0.132. The van der Waals surface area contributed by atoms with E-state index in [0.717, 1.165) is 43.9 Å². The van der Waals surface area contributed by atoms with Gasteiger partial charge in [-0.25, -0.2) is 4.39 Å². The van der Waals surface area contributed by atoms with Crippen molar-refractivity contribution in [3.8, 4) is 0 Å². The Kier molecular flexibility index (Phi) is 4.34. The molecule has 0 unspecified atom stereocenters. The number of hydrogen-bond acceptors (Lipinski definition) is 4. The Morgan fingerprint density at radius 3 is 2.84 bits per heavy atom.